The molecule has 0 bridgehead atoms. The Kier molecular flexibility index (Phi) is 9.13. The van der Waals surface area contributed by atoms with Crippen LogP contribution in [0.3, 0.4) is 0 Å². The van der Waals surface area contributed by atoms with Gasteiger partial charge in [0.2, 0.25) is 0 Å². The average Bonchev–Trinajstić information content (AvgIpc) is 3.51. The molecule has 2 N–H and O–H groups in total. The largest absolute Gasteiger partial charge is 0.496 e. The number of ether oxygens (including phenoxy) is 2. The minimum atomic E-state index is -0.968. The first kappa shape index (κ1) is 32.2. The number of halogens is 1. The lowest BCUT2D eigenvalue weighted by atomic mass is 9.88. The van der Waals surface area contributed by atoms with Crippen molar-refractivity contribution < 1.29 is 33.4 Å². The van der Waals surface area contributed by atoms with Crippen LogP contribution in [0, 0.1) is 5.82 Å². The molecule has 0 atom stereocenters. The molecule has 1 fully saturated rings. The second-order valence-electron chi connectivity index (χ2n) is 12.2. The first-order valence-corrected chi connectivity index (χ1v) is 15.0. The highest BCUT2D eigenvalue weighted by Crippen LogP contribution is 2.37. The molecule has 0 radical (unpaired) electrons. The summed E-state index contributed by atoms with van der Waals surface area (Å²) in [5.41, 5.74) is 2.76. The van der Waals surface area contributed by atoms with Crippen LogP contribution in [-0.2, 0) is 5.54 Å². The summed E-state index contributed by atoms with van der Waals surface area (Å²) in [5.74, 6) is -1.28. The number of benzene rings is 3. The lowest BCUT2D eigenvalue weighted by molar-refractivity contribution is 0.0690. The third-order valence-electron chi connectivity index (χ3n) is 8.18. The Morgan fingerprint density at radius 1 is 0.913 bits per heavy atom. The maximum Gasteiger partial charge on any atom is 0.335 e. The molecule has 2 heterocycles. The third-order valence-corrected chi connectivity index (χ3v) is 8.18. The van der Waals surface area contributed by atoms with Crippen LogP contribution in [0.2, 0.25) is 0 Å². The highest BCUT2D eigenvalue weighted by Gasteiger charge is 2.29. The Morgan fingerprint density at radius 2 is 1.54 bits per heavy atom. The van der Waals surface area contributed by atoms with Crippen LogP contribution < -0.4 is 14.8 Å². The van der Waals surface area contributed by atoms with E-state index in [1.54, 1.807) is 46.0 Å². The molecule has 5 rings (SSSR count). The third kappa shape index (κ3) is 6.58. The quantitative estimate of drug-likeness (QED) is 0.231. The van der Waals surface area contributed by atoms with Crippen molar-refractivity contribution >= 4 is 23.5 Å². The Morgan fingerprint density at radius 3 is 2.11 bits per heavy atom. The summed E-state index contributed by atoms with van der Waals surface area (Å²) in [6, 6.07) is 15.9. The van der Waals surface area contributed by atoms with E-state index in [9.17, 15) is 23.9 Å². The number of aromatic nitrogens is 2. The predicted octanol–water partition coefficient (Wildman–Crippen LogP) is 6.43. The summed E-state index contributed by atoms with van der Waals surface area (Å²) in [7, 11) is 2.92. The molecule has 1 aromatic heterocycles. The van der Waals surface area contributed by atoms with Gasteiger partial charge in [-0.15, -0.1) is 0 Å². The maximum atomic E-state index is 13.8. The molecule has 4 aromatic rings. The minimum Gasteiger partial charge on any atom is -0.496 e. The average molecular weight is 629 g/mol. The van der Waals surface area contributed by atoms with Crippen molar-refractivity contribution in [2.24, 2.45) is 0 Å². The van der Waals surface area contributed by atoms with E-state index in [0.29, 0.717) is 48.7 Å². The zero-order chi connectivity index (χ0) is 33.2. The van der Waals surface area contributed by atoms with Crippen LogP contribution in [0.15, 0.2) is 66.9 Å². The van der Waals surface area contributed by atoms with Crippen molar-refractivity contribution in [3.8, 4) is 22.8 Å². The number of hydrogen-bond donors (Lipinski definition) is 2. The number of likely N-dealkylation sites (tertiary alicyclic amines) is 1. The number of hydrogen-bond acceptors (Lipinski definition) is 6. The Labute approximate surface area is 266 Å². The van der Waals surface area contributed by atoms with Gasteiger partial charge in [0.1, 0.15) is 17.3 Å². The summed E-state index contributed by atoms with van der Waals surface area (Å²) >= 11 is 0. The number of nitrogens with one attached hydrogen (secondary N) is 1. The molecular weight excluding hydrogens is 591 g/mol. The van der Waals surface area contributed by atoms with E-state index in [-0.39, 0.29) is 34.2 Å². The number of aromatic carboxylic acids is 1. The van der Waals surface area contributed by atoms with Gasteiger partial charge in [-0.25, -0.2) is 9.18 Å². The number of methoxy groups -OCH3 is 2. The molecule has 1 aliphatic rings. The SMILES string of the molecule is COc1cc(OC)c(C(=O)N2CCC(c3ccc(C(=O)O)cc3)CC2)cc1NC(=O)c1cnn(C(C)(C)C)c1-c1ccc(F)cc1. The fraction of sp³-hybridized carbons (Fsp3) is 0.314. The predicted molar refractivity (Wildman–Crippen MR) is 171 cm³/mol. The number of nitrogens with zero attached hydrogens (tertiary/aromatic N) is 3. The molecule has 2 amide bonds. The molecule has 1 saturated heterocycles. The van der Waals surface area contributed by atoms with E-state index < -0.39 is 23.2 Å². The number of amides is 2. The fourth-order valence-electron chi connectivity index (χ4n) is 5.75. The molecule has 240 valence electrons. The number of anilines is 1. The standard InChI is InChI=1S/C35H37FN4O6/c1-35(2,3)40-31(23-10-12-25(36)13-11-23)27(20-37-40)32(41)38-28-18-26(29(45-4)19-30(28)46-5)33(42)39-16-14-22(15-17-39)21-6-8-24(9-7-21)34(43)44/h6-13,18-20,22H,14-17H2,1-5H3,(H,38,41)(H,43,44). The van der Waals surface area contributed by atoms with E-state index in [0.717, 1.165) is 5.56 Å². The number of carbonyl (C=O) groups excluding carboxylic acids is 2. The number of carboxylic acid groups (broad SMARTS) is 1. The van der Waals surface area contributed by atoms with Gasteiger partial charge >= 0.3 is 5.97 Å². The summed E-state index contributed by atoms with van der Waals surface area (Å²) in [6.45, 7) is 6.85. The van der Waals surface area contributed by atoms with Crippen LogP contribution in [0.4, 0.5) is 10.1 Å². The van der Waals surface area contributed by atoms with Gasteiger partial charge in [0, 0.05) is 24.7 Å². The van der Waals surface area contributed by atoms with Crippen molar-refractivity contribution in [1.29, 1.82) is 0 Å². The molecule has 3 aromatic carbocycles. The maximum absolute atomic E-state index is 13.8. The van der Waals surface area contributed by atoms with Crippen LogP contribution in [0.1, 0.15) is 76.2 Å². The molecule has 46 heavy (non-hydrogen) atoms. The molecule has 0 spiro atoms. The van der Waals surface area contributed by atoms with E-state index >= 15 is 0 Å². The van der Waals surface area contributed by atoms with Gasteiger partial charge in [-0.2, -0.15) is 5.10 Å². The number of carbonyl (C=O) groups is 3. The van der Waals surface area contributed by atoms with Crippen LogP contribution in [0.25, 0.3) is 11.3 Å². The first-order chi connectivity index (χ1) is 21.9. The van der Waals surface area contributed by atoms with E-state index in [1.807, 2.05) is 32.9 Å². The van der Waals surface area contributed by atoms with Crippen molar-refractivity contribution in [3.63, 3.8) is 0 Å². The first-order valence-electron chi connectivity index (χ1n) is 15.0. The second kappa shape index (κ2) is 13.0. The molecule has 11 heteroatoms. The van der Waals surface area contributed by atoms with E-state index in [4.69, 9.17) is 9.47 Å². The van der Waals surface area contributed by atoms with Gasteiger partial charge in [0.15, 0.2) is 0 Å². The van der Waals surface area contributed by atoms with Crippen molar-refractivity contribution in [1.82, 2.24) is 14.7 Å². The molecule has 0 unspecified atom stereocenters. The topological polar surface area (TPSA) is 123 Å². The Balaban J connectivity index is 1.40. The Bertz CT molecular complexity index is 1750. The van der Waals surface area contributed by atoms with E-state index in [1.165, 1.54) is 32.5 Å². The summed E-state index contributed by atoms with van der Waals surface area (Å²) in [4.78, 5) is 40.6. The van der Waals surface area contributed by atoms with Gasteiger partial charge in [-0.3, -0.25) is 14.3 Å². The highest BCUT2D eigenvalue weighted by atomic mass is 19.1. The van der Waals surface area contributed by atoms with Crippen molar-refractivity contribution in [2.45, 2.75) is 45.1 Å². The zero-order valence-electron chi connectivity index (χ0n) is 26.5. The van der Waals surface area contributed by atoms with Gasteiger partial charge in [-0.1, -0.05) is 12.1 Å². The molecule has 10 nitrogen and oxygen atoms in total. The van der Waals surface area contributed by atoms with E-state index in [2.05, 4.69) is 10.4 Å². The van der Waals surface area contributed by atoms with Crippen molar-refractivity contribution in [3.05, 3.63) is 94.9 Å². The van der Waals surface area contributed by atoms with Gasteiger partial charge in [0.25, 0.3) is 11.8 Å². The number of carboxylic acids is 1. The van der Waals surface area contributed by atoms with Crippen LogP contribution in [0.5, 0.6) is 11.5 Å². The lowest BCUT2D eigenvalue weighted by Gasteiger charge is -2.32. The lowest BCUT2D eigenvalue weighted by Crippen LogP contribution is -2.38. The molecule has 1 aliphatic heterocycles. The molecule has 0 saturated carbocycles. The molecule has 0 aliphatic carbocycles. The monoisotopic (exact) mass is 628 g/mol. The summed E-state index contributed by atoms with van der Waals surface area (Å²) in [5, 5.41) is 16.6. The smallest absolute Gasteiger partial charge is 0.335 e. The van der Waals surface area contributed by atoms with Crippen LogP contribution in [-0.4, -0.2) is 64.9 Å². The number of piperidine rings is 1. The highest BCUT2D eigenvalue weighted by molar-refractivity contribution is 6.09. The minimum absolute atomic E-state index is 0.198. The normalized spacial score (nSPS) is 13.7. The summed E-state index contributed by atoms with van der Waals surface area (Å²) in [6.07, 6.45) is 2.90. The summed E-state index contributed by atoms with van der Waals surface area (Å²) < 4.78 is 26.6. The van der Waals surface area contributed by atoms with Gasteiger partial charge in [-0.05, 0) is 87.6 Å². The van der Waals surface area contributed by atoms with Crippen molar-refractivity contribution in [2.75, 3.05) is 32.6 Å². The second-order valence-corrected chi connectivity index (χ2v) is 12.2. The molecular formula is C35H37FN4O6. The fourth-order valence-corrected chi connectivity index (χ4v) is 5.75. The zero-order valence-corrected chi connectivity index (χ0v) is 26.5. The van der Waals surface area contributed by atoms with Gasteiger partial charge < -0.3 is 24.8 Å². The van der Waals surface area contributed by atoms with Crippen LogP contribution >= 0.6 is 0 Å². The Hall–Kier alpha value is -5.19. The van der Waals surface area contributed by atoms with Gasteiger partial charge in [0.05, 0.1) is 54.0 Å². The number of rotatable bonds is 8.